The second-order valence-electron chi connectivity index (χ2n) is 3.10. The zero-order valence-corrected chi connectivity index (χ0v) is 9.75. The number of halogens is 1. The van der Waals surface area contributed by atoms with Crippen molar-refractivity contribution in [2.24, 2.45) is 5.11 Å². The van der Waals surface area contributed by atoms with Gasteiger partial charge in [-0.15, -0.1) is 0 Å². The first kappa shape index (κ1) is 13.5. The lowest BCUT2D eigenvalue weighted by Crippen LogP contribution is -2.02. The largest absolute Gasteiger partial charge is 0.494 e. The molecule has 0 N–H and O–H groups in total. The zero-order valence-electron chi connectivity index (χ0n) is 9.75. The molecule has 0 saturated heterocycles. The van der Waals surface area contributed by atoms with E-state index >= 15 is 0 Å². The molecule has 0 radical (unpaired) electrons. The number of azide groups is 1. The van der Waals surface area contributed by atoms with Crippen molar-refractivity contribution in [3.05, 3.63) is 45.7 Å². The predicted molar refractivity (Wildman–Crippen MR) is 62.1 cm³/mol. The molecule has 1 aromatic rings. The lowest BCUT2D eigenvalue weighted by atomic mass is 10.2. The molecule has 0 bridgehead atoms. The standard InChI is InChI=1S/C11H10FN3O3/c1-17-10-4-3-7(5-8(10)12)6-9(14-15-13)11(16)18-2/h3-6H,1-2H3/b9-6-. The Balaban J connectivity index is 3.16. The summed E-state index contributed by atoms with van der Waals surface area (Å²) in [5, 5.41) is 3.18. The Labute approximate surface area is 102 Å². The van der Waals surface area contributed by atoms with E-state index in [-0.39, 0.29) is 11.4 Å². The van der Waals surface area contributed by atoms with Crippen LogP contribution in [-0.4, -0.2) is 20.2 Å². The van der Waals surface area contributed by atoms with Crippen molar-refractivity contribution in [2.45, 2.75) is 0 Å². The van der Waals surface area contributed by atoms with Crippen LogP contribution in [0.15, 0.2) is 29.0 Å². The minimum absolute atomic E-state index is 0.0792. The zero-order chi connectivity index (χ0) is 13.5. The highest BCUT2D eigenvalue weighted by atomic mass is 19.1. The second kappa shape index (κ2) is 6.27. The summed E-state index contributed by atoms with van der Waals surface area (Å²) in [4.78, 5) is 13.7. The van der Waals surface area contributed by atoms with Crippen molar-refractivity contribution in [3.8, 4) is 5.75 Å². The van der Waals surface area contributed by atoms with Crippen molar-refractivity contribution < 1.29 is 18.7 Å². The quantitative estimate of drug-likeness (QED) is 0.271. The van der Waals surface area contributed by atoms with Crippen LogP contribution in [0.2, 0.25) is 0 Å². The van der Waals surface area contributed by atoms with Crippen molar-refractivity contribution in [2.75, 3.05) is 14.2 Å². The number of esters is 1. The molecule has 1 aromatic carbocycles. The highest BCUT2D eigenvalue weighted by Gasteiger charge is 2.08. The Kier molecular flexibility index (Phi) is 4.71. The molecule has 0 unspecified atom stereocenters. The molecule has 0 aromatic heterocycles. The molecule has 0 aliphatic heterocycles. The van der Waals surface area contributed by atoms with Gasteiger partial charge in [-0.3, -0.25) is 0 Å². The summed E-state index contributed by atoms with van der Waals surface area (Å²) in [6, 6.07) is 4.05. The van der Waals surface area contributed by atoms with Crippen LogP contribution < -0.4 is 4.74 Å². The van der Waals surface area contributed by atoms with Gasteiger partial charge in [0.2, 0.25) is 0 Å². The van der Waals surface area contributed by atoms with Gasteiger partial charge in [0.15, 0.2) is 11.6 Å². The molecule has 1 rings (SSSR count). The third-order valence-corrected chi connectivity index (χ3v) is 2.03. The fourth-order valence-electron chi connectivity index (χ4n) is 1.21. The first-order chi connectivity index (χ1) is 8.62. The summed E-state index contributed by atoms with van der Waals surface area (Å²) in [6.07, 6.45) is 1.22. The minimum Gasteiger partial charge on any atom is -0.494 e. The SMILES string of the molecule is COC(=O)/C(=C/c1ccc(OC)c(F)c1)N=[N+]=[N-]. The summed E-state index contributed by atoms with van der Waals surface area (Å²) in [5.74, 6) is -1.31. The molecular formula is C11H10FN3O3. The van der Waals surface area contributed by atoms with Gasteiger partial charge in [-0.25, -0.2) is 9.18 Å². The normalized spacial score (nSPS) is 10.5. The second-order valence-corrected chi connectivity index (χ2v) is 3.10. The van der Waals surface area contributed by atoms with Gasteiger partial charge < -0.3 is 9.47 Å². The lowest BCUT2D eigenvalue weighted by molar-refractivity contribution is -0.136. The van der Waals surface area contributed by atoms with Crippen LogP contribution in [0.25, 0.3) is 16.5 Å². The van der Waals surface area contributed by atoms with Crippen molar-refractivity contribution >= 4 is 12.0 Å². The van der Waals surface area contributed by atoms with E-state index in [4.69, 9.17) is 10.3 Å². The topological polar surface area (TPSA) is 84.3 Å². The summed E-state index contributed by atoms with van der Waals surface area (Å²) < 4.78 is 22.6. The third-order valence-electron chi connectivity index (χ3n) is 2.03. The lowest BCUT2D eigenvalue weighted by Gasteiger charge is -2.03. The van der Waals surface area contributed by atoms with E-state index < -0.39 is 11.8 Å². The predicted octanol–water partition coefficient (Wildman–Crippen LogP) is 2.66. The van der Waals surface area contributed by atoms with Crippen LogP contribution in [0.3, 0.4) is 0 Å². The van der Waals surface area contributed by atoms with Crippen molar-refractivity contribution in [1.29, 1.82) is 0 Å². The summed E-state index contributed by atoms with van der Waals surface area (Å²) in [7, 11) is 2.49. The van der Waals surface area contributed by atoms with Crippen molar-refractivity contribution in [3.63, 3.8) is 0 Å². The van der Waals surface area contributed by atoms with E-state index in [0.717, 1.165) is 13.2 Å². The number of hydrogen-bond acceptors (Lipinski definition) is 4. The number of carbonyl (C=O) groups is 1. The Morgan fingerprint density at radius 2 is 2.22 bits per heavy atom. The first-order valence-electron chi connectivity index (χ1n) is 4.81. The highest BCUT2D eigenvalue weighted by molar-refractivity contribution is 5.93. The van der Waals surface area contributed by atoms with E-state index in [1.165, 1.54) is 25.3 Å². The molecule has 0 amide bonds. The molecule has 0 atom stereocenters. The van der Waals surface area contributed by atoms with Gasteiger partial charge in [0.25, 0.3) is 0 Å². The van der Waals surface area contributed by atoms with Crippen LogP contribution in [0, 0.1) is 5.82 Å². The molecule has 94 valence electrons. The fourth-order valence-corrected chi connectivity index (χ4v) is 1.21. The van der Waals surface area contributed by atoms with Crippen LogP contribution in [0.5, 0.6) is 5.75 Å². The molecule has 7 heteroatoms. The van der Waals surface area contributed by atoms with E-state index in [1.807, 2.05) is 0 Å². The van der Waals surface area contributed by atoms with E-state index in [1.54, 1.807) is 0 Å². The molecular weight excluding hydrogens is 241 g/mol. The third kappa shape index (κ3) is 3.23. The van der Waals surface area contributed by atoms with Crippen LogP contribution in [0.4, 0.5) is 4.39 Å². The summed E-state index contributed by atoms with van der Waals surface area (Å²) >= 11 is 0. The Morgan fingerprint density at radius 3 is 2.72 bits per heavy atom. The van der Waals surface area contributed by atoms with Gasteiger partial charge in [-0.2, -0.15) is 0 Å². The molecule has 0 saturated carbocycles. The number of ether oxygens (including phenoxy) is 2. The van der Waals surface area contributed by atoms with Gasteiger partial charge in [-0.1, -0.05) is 11.2 Å². The molecule has 0 heterocycles. The molecule has 0 aliphatic rings. The maximum absolute atomic E-state index is 13.4. The van der Waals surface area contributed by atoms with Crippen LogP contribution >= 0.6 is 0 Å². The number of nitrogens with zero attached hydrogens (tertiary/aromatic N) is 3. The monoisotopic (exact) mass is 251 g/mol. The van der Waals surface area contributed by atoms with Crippen LogP contribution in [-0.2, 0) is 9.53 Å². The van der Waals surface area contributed by atoms with E-state index in [0.29, 0.717) is 5.56 Å². The summed E-state index contributed by atoms with van der Waals surface area (Å²) in [5.41, 5.74) is 8.40. The Hall–Kier alpha value is -2.53. The smallest absolute Gasteiger partial charge is 0.340 e. The van der Waals surface area contributed by atoms with Gasteiger partial charge in [0.1, 0.15) is 5.70 Å². The van der Waals surface area contributed by atoms with Gasteiger partial charge in [-0.05, 0) is 29.3 Å². The van der Waals surface area contributed by atoms with Gasteiger partial charge in [0, 0.05) is 4.91 Å². The average Bonchev–Trinajstić information content (AvgIpc) is 2.37. The maximum atomic E-state index is 13.4. The Bertz CT molecular complexity index is 536. The number of methoxy groups -OCH3 is 2. The number of hydrogen-bond donors (Lipinski definition) is 0. The van der Waals surface area contributed by atoms with Crippen LogP contribution in [0.1, 0.15) is 5.56 Å². The van der Waals surface area contributed by atoms with E-state index in [2.05, 4.69) is 14.8 Å². The van der Waals surface area contributed by atoms with Gasteiger partial charge in [0.05, 0.1) is 14.2 Å². The number of carbonyl (C=O) groups excluding carboxylic acids is 1. The number of benzene rings is 1. The van der Waals surface area contributed by atoms with E-state index in [9.17, 15) is 9.18 Å². The molecule has 0 aliphatic carbocycles. The molecule has 18 heavy (non-hydrogen) atoms. The fraction of sp³-hybridized carbons (Fsp3) is 0.182. The average molecular weight is 251 g/mol. The molecule has 0 fully saturated rings. The molecule has 0 spiro atoms. The first-order valence-corrected chi connectivity index (χ1v) is 4.81. The number of rotatable bonds is 4. The van der Waals surface area contributed by atoms with Gasteiger partial charge >= 0.3 is 5.97 Å². The minimum atomic E-state index is -0.802. The Morgan fingerprint density at radius 1 is 1.50 bits per heavy atom. The highest BCUT2D eigenvalue weighted by Crippen LogP contribution is 2.19. The summed E-state index contributed by atoms with van der Waals surface area (Å²) in [6.45, 7) is 0. The maximum Gasteiger partial charge on any atom is 0.340 e. The van der Waals surface area contributed by atoms with Crippen molar-refractivity contribution in [1.82, 2.24) is 0 Å². The molecule has 6 nitrogen and oxygen atoms in total.